The average molecular weight is 287 g/mol. The minimum atomic E-state index is -0.255. The lowest BCUT2D eigenvalue weighted by molar-refractivity contribution is 0.382. The molecule has 21 heavy (non-hydrogen) atoms. The predicted octanol–water partition coefficient (Wildman–Crippen LogP) is 4.67. The maximum atomic E-state index is 12.9. The van der Waals surface area contributed by atoms with Gasteiger partial charge in [0.25, 0.3) is 0 Å². The first-order chi connectivity index (χ1) is 10.1. The summed E-state index contributed by atoms with van der Waals surface area (Å²) in [4.78, 5) is 2.18. The highest BCUT2D eigenvalue weighted by molar-refractivity contribution is 5.39. The van der Waals surface area contributed by atoms with Crippen LogP contribution in [0.4, 0.5) is 4.39 Å². The molecule has 1 atom stereocenters. The zero-order valence-corrected chi connectivity index (χ0v) is 12.8. The Hall–Kier alpha value is -1.87. The van der Waals surface area contributed by atoms with Gasteiger partial charge in [-0.2, -0.15) is 0 Å². The van der Waals surface area contributed by atoms with Gasteiger partial charge in [-0.05, 0) is 68.9 Å². The molecule has 0 heterocycles. The van der Waals surface area contributed by atoms with Crippen molar-refractivity contribution in [1.29, 1.82) is 0 Å². The Morgan fingerprint density at radius 2 is 1.71 bits per heavy atom. The number of hydrogen-bond acceptors (Lipinski definition) is 2. The summed E-state index contributed by atoms with van der Waals surface area (Å²) in [6, 6.07) is 14.2. The molecule has 112 valence electrons. The van der Waals surface area contributed by atoms with Gasteiger partial charge in [0, 0.05) is 0 Å². The Kier molecular flexibility index (Phi) is 5.34. The molecule has 0 bridgehead atoms. The number of ether oxygens (including phenoxy) is 1. The van der Waals surface area contributed by atoms with Crippen LogP contribution in [-0.4, -0.2) is 25.5 Å². The van der Waals surface area contributed by atoms with Crippen molar-refractivity contribution in [1.82, 2.24) is 4.90 Å². The lowest BCUT2D eigenvalue weighted by atomic mass is 9.96. The molecule has 2 aromatic carbocycles. The van der Waals surface area contributed by atoms with E-state index in [0.29, 0.717) is 11.7 Å². The molecule has 0 aromatic heterocycles. The van der Waals surface area contributed by atoms with E-state index in [4.69, 9.17) is 4.74 Å². The van der Waals surface area contributed by atoms with Crippen LogP contribution in [0.25, 0.3) is 0 Å². The van der Waals surface area contributed by atoms with Crippen LogP contribution < -0.4 is 4.74 Å². The minimum absolute atomic E-state index is 0.255. The van der Waals surface area contributed by atoms with Crippen LogP contribution in [-0.2, 0) is 0 Å². The molecule has 3 heteroatoms. The molecule has 1 unspecified atom stereocenters. The van der Waals surface area contributed by atoms with Crippen molar-refractivity contribution in [3.63, 3.8) is 0 Å². The van der Waals surface area contributed by atoms with Gasteiger partial charge in [-0.3, -0.25) is 0 Å². The number of para-hydroxylation sites is 1. The van der Waals surface area contributed by atoms with Gasteiger partial charge in [0.1, 0.15) is 17.3 Å². The van der Waals surface area contributed by atoms with E-state index in [1.807, 2.05) is 18.2 Å². The summed E-state index contributed by atoms with van der Waals surface area (Å²) in [7, 11) is 4.15. The van der Waals surface area contributed by atoms with E-state index in [1.54, 1.807) is 12.1 Å². The Balaban J connectivity index is 2.14. The maximum absolute atomic E-state index is 12.9. The molecule has 0 radical (unpaired) electrons. The van der Waals surface area contributed by atoms with Gasteiger partial charge >= 0.3 is 0 Å². The molecule has 0 aliphatic heterocycles. The molecule has 0 amide bonds. The van der Waals surface area contributed by atoms with E-state index in [2.05, 4.69) is 32.0 Å². The normalized spacial score (nSPS) is 12.4. The molecule has 0 saturated carbocycles. The molecule has 0 aliphatic rings. The van der Waals surface area contributed by atoms with Crippen LogP contribution in [0.15, 0.2) is 48.5 Å². The Morgan fingerprint density at radius 1 is 1.05 bits per heavy atom. The topological polar surface area (TPSA) is 12.5 Å². The highest BCUT2D eigenvalue weighted by Crippen LogP contribution is 2.32. The van der Waals surface area contributed by atoms with Crippen LogP contribution in [0.2, 0.25) is 0 Å². The Bertz CT molecular complexity index is 566. The first-order valence-electron chi connectivity index (χ1n) is 7.23. The second-order valence-corrected chi connectivity index (χ2v) is 5.59. The number of halogens is 1. The van der Waals surface area contributed by atoms with Gasteiger partial charge in [0.05, 0.1) is 0 Å². The van der Waals surface area contributed by atoms with Crippen molar-refractivity contribution in [2.45, 2.75) is 19.3 Å². The molecule has 0 aliphatic carbocycles. The molecule has 2 aromatic rings. The van der Waals surface area contributed by atoms with Crippen molar-refractivity contribution in [2.75, 3.05) is 20.6 Å². The summed E-state index contributed by atoms with van der Waals surface area (Å²) in [5.41, 5.74) is 1.18. The summed E-state index contributed by atoms with van der Waals surface area (Å²) in [5.74, 6) is 1.65. The molecule has 0 fully saturated rings. The molecule has 0 spiro atoms. The monoisotopic (exact) mass is 287 g/mol. The van der Waals surface area contributed by atoms with E-state index < -0.39 is 0 Å². The van der Waals surface area contributed by atoms with Crippen molar-refractivity contribution in [3.8, 4) is 11.5 Å². The van der Waals surface area contributed by atoms with E-state index in [-0.39, 0.29) is 5.82 Å². The highest BCUT2D eigenvalue weighted by atomic mass is 19.1. The zero-order chi connectivity index (χ0) is 15.2. The third kappa shape index (κ3) is 4.57. The predicted molar refractivity (Wildman–Crippen MR) is 84.5 cm³/mol. The SMILES string of the molecule is CC(CCN(C)C)c1ccccc1Oc1ccc(F)cc1. The minimum Gasteiger partial charge on any atom is -0.457 e. The summed E-state index contributed by atoms with van der Waals surface area (Å²) in [5, 5.41) is 0. The van der Waals surface area contributed by atoms with Crippen LogP contribution in [0.3, 0.4) is 0 Å². The van der Waals surface area contributed by atoms with E-state index in [1.165, 1.54) is 17.7 Å². The third-order valence-corrected chi connectivity index (χ3v) is 3.50. The standard InChI is InChI=1S/C18H22FNO/c1-14(12-13-20(2)3)17-6-4-5-7-18(17)21-16-10-8-15(19)9-11-16/h4-11,14H,12-13H2,1-3H3. The Labute approximate surface area is 126 Å². The van der Waals surface area contributed by atoms with Gasteiger partial charge in [-0.1, -0.05) is 25.1 Å². The summed E-state index contributed by atoms with van der Waals surface area (Å²) < 4.78 is 18.9. The van der Waals surface area contributed by atoms with E-state index in [9.17, 15) is 4.39 Å². The number of nitrogens with zero attached hydrogens (tertiary/aromatic N) is 1. The lowest BCUT2D eigenvalue weighted by Crippen LogP contribution is -2.15. The zero-order valence-electron chi connectivity index (χ0n) is 12.8. The number of rotatable bonds is 6. The molecular weight excluding hydrogens is 265 g/mol. The van der Waals surface area contributed by atoms with Gasteiger partial charge in [-0.15, -0.1) is 0 Å². The van der Waals surface area contributed by atoms with Gasteiger partial charge in [0.15, 0.2) is 0 Å². The fourth-order valence-electron chi connectivity index (χ4n) is 2.22. The van der Waals surface area contributed by atoms with Gasteiger partial charge in [0.2, 0.25) is 0 Å². The summed E-state index contributed by atoms with van der Waals surface area (Å²) in [6.45, 7) is 3.24. The van der Waals surface area contributed by atoms with Crippen LogP contribution in [0.5, 0.6) is 11.5 Å². The third-order valence-electron chi connectivity index (χ3n) is 3.50. The van der Waals surface area contributed by atoms with Crippen LogP contribution >= 0.6 is 0 Å². The molecule has 0 N–H and O–H groups in total. The van der Waals surface area contributed by atoms with Crippen molar-refractivity contribution in [2.24, 2.45) is 0 Å². The smallest absolute Gasteiger partial charge is 0.130 e. The largest absolute Gasteiger partial charge is 0.457 e. The maximum Gasteiger partial charge on any atom is 0.130 e. The fraction of sp³-hybridized carbons (Fsp3) is 0.333. The Morgan fingerprint density at radius 3 is 2.38 bits per heavy atom. The summed E-state index contributed by atoms with van der Waals surface area (Å²) in [6.07, 6.45) is 1.07. The first-order valence-corrected chi connectivity index (χ1v) is 7.23. The molecule has 2 rings (SSSR count). The number of hydrogen-bond donors (Lipinski definition) is 0. The van der Waals surface area contributed by atoms with Crippen LogP contribution in [0, 0.1) is 5.82 Å². The highest BCUT2D eigenvalue weighted by Gasteiger charge is 2.12. The molecule has 2 nitrogen and oxygen atoms in total. The second-order valence-electron chi connectivity index (χ2n) is 5.59. The fourth-order valence-corrected chi connectivity index (χ4v) is 2.22. The van der Waals surface area contributed by atoms with Crippen LogP contribution in [0.1, 0.15) is 24.8 Å². The average Bonchev–Trinajstić information content (AvgIpc) is 2.48. The molecule has 0 saturated heterocycles. The summed E-state index contributed by atoms with van der Waals surface area (Å²) >= 11 is 0. The van der Waals surface area contributed by atoms with Crippen molar-refractivity contribution >= 4 is 0 Å². The van der Waals surface area contributed by atoms with Gasteiger partial charge in [-0.25, -0.2) is 4.39 Å². The van der Waals surface area contributed by atoms with E-state index >= 15 is 0 Å². The number of benzene rings is 2. The second kappa shape index (κ2) is 7.23. The first kappa shape index (κ1) is 15.5. The lowest BCUT2D eigenvalue weighted by Gasteiger charge is -2.18. The quantitative estimate of drug-likeness (QED) is 0.765. The molecular formula is C18H22FNO. The van der Waals surface area contributed by atoms with Gasteiger partial charge < -0.3 is 9.64 Å². The van der Waals surface area contributed by atoms with Crippen molar-refractivity contribution in [3.05, 3.63) is 59.9 Å². The van der Waals surface area contributed by atoms with E-state index in [0.717, 1.165) is 18.7 Å². The van der Waals surface area contributed by atoms with Crippen molar-refractivity contribution < 1.29 is 9.13 Å².